The lowest BCUT2D eigenvalue weighted by molar-refractivity contribution is -0.130. The number of benzene rings is 5. The maximum atomic E-state index is 14.5. The number of hydrogen-bond donors (Lipinski definition) is 3. The molecule has 0 saturated heterocycles. The van der Waals surface area contributed by atoms with Gasteiger partial charge < -0.3 is 14.6 Å². The minimum atomic E-state index is -3.83. The molecule has 1 aliphatic rings. The van der Waals surface area contributed by atoms with Gasteiger partial charge in [0.05, 0.1) is 27.3 Å². The van der Waals surface area contributed by atoms with Crippen LogP contribution in [-0.4, -0.2) is 49.8 Å². The Kier molecular flexibility index (Phi) is 11.9. The van der Waals surface area contributed by atoms with E-state index in [0.717, 1.165) is 16.7 Å². The second kappa shape index (κ2) is 16.8. The molecule has 12 heteroatoms. The maximum Gasteiger partial charge on any atom is 0.266 e. The third-order valence-electron chi connectivity index (χ3n) is 8.68. The Hall–Kier alpha value is -4.71. The average Bonchev–Trinajstić information content (AvgIpc) is 3.57. The number of halogens is 2. The van der Waals surface area contributed by atoms with E-state index in [0.29, 0.717) is 39.9 Å². The third kappa shape index (κ3) is 8.66. The minimum Gasteiger partial charge on any atom is -0.494 e. The Balaban J connectivity index is 1.38. The van der Waals surface area contributed by atoms with Crippen LogP contribution in [0.2, 0.25) is 10.0 Å². The maximum absolute atomic E-state index is 14.5. The van der Waals surface area contributed by atoms with Crippen molar-refractivity contribution >= 4 is 44.8 Å². The fourth-order valence-corrected chi connectivity index (χ4v) is 7.58. The van der Waals surface area contributed by atoms with E-state index < -0.39 is 27.4 Å². The van der Waals surface area contributed by atoms with Gasteiger partial charge in [0, 0.05) is 31.6 Å². The Bertz CT molecular complexity index is 2120. The molecule has 0 bridgehead atoms. The molecular formula is C40H37Cl2N3O6S. The largest absolute Gasteiger partial charge is 0.494 e. The first-order valence-corrected chi connectivity index (χ1v) is 19.1. The molecule has 1 amide bonds. The van der Waals surface area contributed by atoms with Crippen LogP contribution in [0.5, 0.6) is 5.75 Å². The highest BCUT2D eigenvalue weighted by Gasteiger charge is 2.53. The van der Waals surface area contributed by atoms with E-state index in [1.54, 1.807) is 60.7 Å². The summed E-state index contributed by atoms with van der Waals surface area (Å²) in [7, 11) is -3.83. The molecule has 5 aromatic rings. The summed E-state index contributed by atoms with van der Waals surface area (Å²) < 4.78 is 39.6. The smallest absolute Gasteiger partial charge is 0.266 e. The van der Waals surface area contributed by atoms with Crippen LogP contribution in [0, 0.1) is 0 Å². The van der Waals surface area contributed by atoms with E-state index in [4.69, 9.17) is 42.8 Å². The Labute approximate surface area is 313 Å². The summed E-state index contributed by atoms with van der Waals surface area (Å²) in [5.74, 6) is -0.191. The van der Waals surface area contributed by atoms with Crippen LogP contribution in [0.15, 0.2) is 137 Å². The van der Waals surface area contributed by atoms with Gasteiger partial charge in [-0.15, -0.1) is 0 Å². The van der Waals surface area contributed by atoms with Crippen molar-refractivity contribution in [2.24, 2.45) is 4.99 Å². The van der Waals surface area contributed by atoms with Crippen molar-refractivity contribution in [3.8, 4) is 16.9 Å². The van der Waals surface area contributed by atoms with Crippen LogP contribution in [-0.2, 0) is 25.9 Å². The standard InChI is InChI=1S/C40H37Cl2N3O6S/c41-35-21-12-28(26-36(35)42)27-43-45-39(47)40(22-25-52(48,49)34-10-5-2-6-11-34)37(31-15-13-30(14-16-31)29-8-3-1-4-9-29)51-38(44-40)32-17-19-33(20-18-32)50-24-7-23-46/h1-6,8-21,26,37,43,46H,7,22-25,27H2,(H,45,47)/t37-,40-/m0/s1. The zero-order chi connectivity index (χ0) is 36.6. The number of aliphatic hydroxyl groups is 1. The molecule has 0 unspecified atom stereocenters. The zero-order valence-electron chi connectivity index (χ0n) is 28.0. The lowest BCUT2D eigenvalue weighted by Gasteiger charge is -2.30. The number of carbonyl (C=O) groups is 1. The summed E-state index contributed by atoms with van der Waals surface area (Å²) >= 11 is 12.3. The number of rotatable bonds is 15. The summed E-state index contributed by atoms with van der Waals surface area (Å²) in [5, 5.41) is 9.89. The average molecular weight is 759 g/mol. The number of sulfone groups is 1. The van der Waals surface area contributed by atoms with Crippen LogP contribution >= 0.6 is 23.2 Å². The molecule has 6 rings (SSSR count). The van der Waals surface area contributed by atoms with Crippen LogP contribution in [0.25, 0.3) is 11.1 Å². The minimum absolute atomic E-state index is 0.0168. The molecular weight excluding hydrogens is 721 g/mol. The number of carbonyl (C=O) groups excluding carboxylic acids is 1. The highest BCUT2D eigenvalue weighted by molar-refractivity contribution is 7.91. The SMILES string of the molecule is O=C(NNCc1ccc(Cl)c(Cl)c1)[C@@]1(CCS(=O)(=O)c2ccccc2)N=C(c2ccc(OCCCO)cc2)O[C@H]1c1ccc(-c2ccccc2)cc1. The Morgan fingerprint density at radius 1 is 0.827 bits per heavy atom. The molecule has 0 aromatic heterocycles. The number of hydrazine groups is 1. The van der Waals surface area contributed by atoms with Crippen molar-refractivity contribution in [1.29, 1.82) is 0 Å². The fourth-order valence-electron chi connectivity index (χ4n) is 5.87. The Morgan fingerprint density at radius 3 is 2.15 bits per heavy atom. The van der Waals surface area contributed by atoms with Gasteiger partial charge in [-0.3, -0.25) is 10.2 Å². The first kappa shape index (κ1) is 37.1. The molecule has 9 nitrogen and oxygen atoms in total. The number of aliphatic imine (C=N–C) groups is 1. The molecule has 1 heterocycles. The topological polar surface area (TPSA) is 126 Å². The van der Waals surface area contributed by atoms with Crippen molar-refractivity contribution in [2.75, 3.05) is 19.0 Å². The molecule has 0 aliphatic carbocycles. The summed E-state index contributed by atoms with van der Waals surface area (Å²) in [5.41, 5.74) is 7.98. The van der Waals surface area contributed by atoms with E-state index in [1.807, 2.05) is 54.6 Å². The fraction of sp³-hybridized carbons (Fsp3) is 0.200. The quantitative estimate of drug-likeness (QED) is 0.0753. The molecule has 5 aromatic carbocycles. The lowest BCUT2D eigenvalue weighted by atomic mass is 9.84. The van der Waals surface area contributed by atoms with Gasteiger partial charge in [-0.05, 0) is 70.8 Å². The first-order valence-electron chi connectivity index (χ1n) is 16.7. The van der Waals surface area contributed by atoms with E-state index in [2.05, 4.69) is 10.9 Å². The van der Waals surface area contributed by atoms with E-state index in [-0.39, 0.29) is 36.1 Å². The predicted molar refractivity (Wildman–Crippen MR) is 203 cm³/mol. The van der Waals surface area contributed by atoms with Crippen LogP contribution in [0.3, 0.4) is 0 Å². The van der Waals surface area contributed by atoms with Gasteiger partial charge >= 0.3 is 0 Å². The van der Waals surface area contributed by atoms with Crippen molar-refractivity contribution in [3.63, 3.8) is 0 Å². The van der Waals surface area contributed by atoms with Gasteiger partial charge in [0.2, 0.25) is 5.90 Å². The highest BCUT2D eigenvalue weighted by Crippen LogP contribution is 2.43. The summed E-state index contributed by atoms with van der Waals surface area (Å²) in [6.07, 6.45) is -0.697. The van der Waals surface area contributed by atoms with Gasteiger partial charge in [0.25, 0.3) is 5.91 Å². The number of aliphatic hydroxyl groups excluding tert-OH is 1. The second-order valence-corrected chi connectivity index (χ2v) is 15.1. The van der Waals surface area contributed by atoms with Gasteiger partial charge in [-0.1, -0.05) is 102 Å². The van der Waals surface area contributed by atoms with E-state index in [9.17, 15) is 13.2 Å². The summed E-state index contributed by atoms with van der Waals surface area (Å²) in [6, 6.07) is 37.8. The summed E-state index contributed by atoms with van der Waals surface area (Å²) in [4.78, 5) is 19.6. The van der Waals surface area contributed by atoms with Crippen molar-refractivity contribution in [1.82, 2.24) is 10.9 Å². The van der Waals surface area contributed by atoms with Crippen LogP contribution in [0.4, 0.5) is 0 Å². The van der Waals surface area contributed by atoms with E-state index >= 15 is 0 Å². The van der Waals surface area contributed by atoms with E-state index in [1.165, 1.54) is 12.1 Å². The molecule has 0 fully saturated rings. The van der Waals surface area contributed by atoms with Gasteiger partial charge in [0.1, 0.15) is 5.75 Å². The summed E-state index contributed by atoms with van der Waals surface area (Å²) in [6.45, 7) is 0.568. The predicted octanol–water partition coefficient (Wildman–Crippen LogP) is 7.36. The molecule has 268 valence electrons. The normalized spacial score (nSPS) is 16.9. The molecule has 0 saturated carbocycles. The van der Waals surface area contributed by atoms with Crippen LogP contribution < -0.4 is 15.6 Å². The third-order valence-corrected chi connectivity index (χ3v) is 11.2. The number of hydrogen-bond acceptors (Lipinski definition) is 8. The number of amides is 1. The zero-order valence-corrected chi connectivity index (χ0v) is 30.4. The van der Waals surface area contributed by atoms with Crippen molar-refractivity contribution in [3.05, 3.63) is 154 Å². The van der Waals surface area contributed by atoms with Gasteiger partial charge in [-0.2, -0.15) is 0 Å². The molecule has 2 atom stereocenters. The molecule has 0 spiro atoms. The first-order chi connectivity index (χ1) is 25.2. The van der Waals surface area contributed by atoms with Crippen molar-refractivity contribution < 1.29 is 27.8 Å². The van der Waals surface area contributed by atoms with Crippen molar-refractivity contribution in [2.45, 2.75) is 35.9 Å². The number of ether oxygens (including phenoxy) is 2. The lowest BCUT2D eigenvalue weighted by Crippen LogP contribution is -2.53. The molecule has 0 radical (unpaired) electrons. The second-order valence-electron chi connectivity index (χ2n) is 12.2. The molecule has 1 aliphatic heterocycles. The number of nitrogens with zero attached hydrogens (tertiary/aromatic N) is 1. The molecule has 3 N–H and O–H groups in total. The highest BCUT2D eigenvalue weighted by atomic mass is 35.5. The monoisotopic (exact) mass is 757 g/mol. The van der Waals surface area contributed by atoms with Gasteiger partial charge in [0.15, 0.2) is 21.5 Å². The molecule has 52 heavy (non-hydrogen) atoms. The van der Waals surface area contributed by atoms with Crippen LogP contribution in [0.1, 0.15) is 35.6 Å². The number of nitrogens with one attached hydrogen (secondary N) is 2. The Morgan fingerprint density at radius 2 is 1.48 bits per heavy atom. The van der Waals surface area contributed by atoms with Gasteiger partial charge in [-0.25, -0.2) is 18.8 Å².